The first kappa shape index (κ1) is 16.2. The van der Waals surface area contributed by atoms with Crippen molar-refractivity contribution in [1.82, 2.24) is 9.97 Å². The summed E-state index contributed by atoms with van der Waals surface area (Å²) in [6.45, 7) is 3.64. The molecule has 7 heteroatoms. The summed E-state index contributed by atoms with van der Waals surface area (Å²) >= 11 is 0. The van der Waals surface area contributed by atoms with Crippen molar-refractivity contribution in [2.75, 3.05) is 11.1 Å². The fourth-order valence-electron chi connectivity index (χ4n) is 2.07. The van der Waals surface area contributed by atoms with Crippen LogP contribution in [0.3, 0.4) is 0 Å². The van der Waals surface area contributed by atoms with Crippen LogP contribution in [-0.4, -0.2) is 22.1 Å². The largest absolute Gasteiger partial charge is 0.404 e. The van der Waals surface area contributed by atoms with Gasteiger partial charge in [0.25, 0.3) is 5.91 Å². The molecule has 1 aromatic heterocycles. The zero-order valence-electron chi connectivity index (χ0n) is 12.9. The van der Waals surface area contributed by atoms with E-state index >= 15 is 0 Å². The van der Waals surface area contributed by atoms with Gasteiger partial charge in [-0.15, -0.1) is 0 Å². The Labute approximate surface area is 134 Å². The van der Waals surface area contributed by atoms with Crippen LogP contribution in [0, 0.1) is 19.3 Å². The highest BCUT2D eigenvalue weighted by Crippen LogP contribution is 2.18. The average Bonchev–Trinajstić information content (AvgIpc) is 2.49. The number of carbonyl (C=O) groups excluding carboxylic acids is 1. The standard InChI is InChI=1S/C16H18N6O/c1-9-5-10(2)21-15(20-9)13(8-18)16(23)22-12-3-4-14(19)11(6-12)7-17/h3-8,17H,18-19H2,1-2H3,(H,22,23). The summed E-state index contributed by atoms with van der Waals surface area (Å²) < 4.78 is 0. The van der Waals surface area contributed by atoms with E-state index in [1.54, 1.807) is 18.2 Å². The second kappa shape index (κ2) is 6.69. The normalized spacial score (nSPS) is 11.1. The predicted octanol–water partition coefficient (Wildman–Crippen LogP) is 1.61. The molecule has 2 aromatic rings. The van der Waals surface area contributed by atoms with E-state index in [-0.39, 0.29) is 11.4 Å². The molecule has 1 amide bonds. The maximum atomic E-state index is 12.4. The zero-order valence-corrected chi connectivity index (χ0v) is 12.9. The van der Waals surface area contributed by atoms with Crippen LogP contribution in [0.5, 0.6) is 0 Å². The van der Waals surface area contributed by atoms with Crippen LogP contribution in [0.2, 0.25) is 0 Å². The Morgan fingerprint density at radius 3 is 2.43 bits per heavy atom. The Kier molecular flexibility index (Phi) is 4.70. The van der Waals surface area contributed by atoms with E-state index in [0.29, 0.717) is 16.9 Å². The van der Waals surface area contributed by atoms with Crippen LogP contribution in [-0.2, 0) is 4.79 Å². The highest BCUT2D eigenvalue weighted by atomic mass is 16.1. The highest BCUT2D eigenvalue weighted by molar-refractivity contribution is 6.24. The summed E-state index contributed by atoms with van der Waals surface area (Å²) in [5, 5.41) is 10.0. The van der Waals surface area contributed by atoms with Crippen molar-refractivity contribution in [2.45, 2.75) is 13.8 Å². The van der Waals surface area contributed by atoms with Crippen molar-refractivity contribution in [3.8, 4) is 0 Å². The van der Waals surface area contributed by atoms with Crippen molar-refractivity contribution < 1.29 is 4.79 Å². The number of nitrogen functional groups attached to an aromatic ring is 1. The van der Waals surface area contributed by atoms with Gasteiger partial charge in [-0.2, -0.15) is 0 Å². The number of aryl methyl sites for hydroxylation is 2. The van der Waals surface area contributed by atoms with Crippen molar-refractivity contribution in [2.24, 2.45) is 5.73 Å². The molecule has 0 unspecified atom stereocenters. The van der Waals surface area contributed by atoms with Gasteiger partial charge in [-0.25, -0.2) is 9.97 Å². The van der Waals surface area contributed by atoms with Crippen LogP contribution in [0.4, 0.5) is 11.4 Å². The van der Waals surface area contributed by atoms with Gasteiger partial charge in [0, 0.05) is 40.7 Å². The molecule has 7 nitrogen and oxygen atoms in total. The molecule has 0 aliphatic rings. The minimum absolute atomic E-state index is 0.171. The lowest BCUT2D eigenvalue weighted by Crippen LogP contribution is -2.17. The molecule has 0 spiro atoms. The molecule has 1 heterocycles. The summed E-state index contributed by atoms with van der Waals surface area (Å²) in [6.07, 6.45) is 2.30. The molecule has 0 saturated carbocycles. The number of nitrogens with zero attached hydrogens (tertiary/aromatic N) is 2. The van der Waals surface area contributed by atoms with E-state index in [1.165, 1.54) is 6.20 Å². The quantitative estimate of drug-likeness (QED) is 0.387. The Morgan fingerprint density at radius 2 is 1.87 bits per heavy atom. The van der Waals surface area contributed by atoms with Gasteiger partial charge in [0.2, 0.25) is 0 Å². The topological polar surface area (TPSA) is 131 Å². The van der Waals surface area contributed by atoms with Crippen LogP contribution < -0.4 is 16.8 Å². The van der Waals surface area contributed by atoms with E-state index in [2.05, 4.69) is 15.3 Å². The summed E-state index contributed by atoms with van der Waals surface area (Å²) in [7, 11) is 0. The first-order valence-electron chi connectivity index (χ1n) is 6.90. The molecular formula is C16H18N6O. The van der Waals surface area contributed by atoms with Gasteiger partial charge in [-0.1, -0.05) is 0 Å². The van der Waals surface area contributed by atoms with Gasteiger partial charge in [0.05, 0.1) is 5.57 Å². The van der Waals surface area contributed by atoms with E-state index in [1.807, 2.05) is 19.9 Å². The number of hydrogen-bond donors (Lipinski definition) is 4. The molecule has 0 atom stereocenters. The number of amides is 1. The monoisotopic (exact) mass is 310 g/mol. The fourth-order valence-corrected chi connectivity index (χ4v) is 2.07. The second-order valence-corrected chi connectivity index (χ2v) is 5.00. The molecule has 0 saturated heterocycles. The summed E-state index contributed by atoms with van der Waals surface area (Å²) in [5.41, 5.74) is 14.5. The Bertz CT molecular complexity index is 777. The maximum absolute atomic E-state index is 12.4. The smallest absolute Gasteiger partial charge is 0.260 e. The predicted molar refractivity (Wildman–Crippen MR) is 91.0 cm³/mol. The van der Waals surface area contributed by atoms with Crippen LogP contribution in [0.1, 0.15) is 22.8 Å². The van der Waals surface area contributed by atoms with E-state index in [4.69, 9.17) is 16.9 Å². The third kappa shape index (κ3) is 3.70. The number of aromatic nitrogens is 2. The molecule has 6 N–H and O–H groups in total. The van der Waals surface area contributed by atoms with Gasteiger partial charge in [-0.05, 0) is 38.1 Å². The Hall–Kier alpha value is -3.22. The number of carbonyl (C=O) groups is 1. The third-order valence-corrected chi connectivity index (χ3v) is 3.13. The zero-order chi connectivity index (χ0) is 17.0. The SMILES string of the molecule is Cc1cc(C)nc(C(=CN)C(=O)Nc2ccc(N)c(C=N)c2)n1. The van der Waals surface area contributed by atoms with Crippen molar-refractivity contribution in [1.29, 1.82) is 5.41 Å². The first-order chi connectivity index (χ1) is 10.9. The molecule has 0 aliphatic carbocycles. The number of rotatable bonds is 4. The lowest BCUT2D eigenvalue weighted by molar-refractivity contribution is -0.111. The minimum atomic E-state index is -0.432. The van der Waals surface area contributed by atoms with E-state index < -0.39 is 5.91 Å². The minimum Gasteiger partial charge on any atom is -0.404 e. The van der Waals surface area contributed by atoms with E-state index in [0.717, 1.165) is 17.6 Å². The third-order valence-electron chi connectivity index (χ3n) is 3.13. The van der Waals surface area contributed by atoms with Gasteiger partial charge < -0.3 is 22.2 Å². The number of benzene rings is 1. The number of nitrogens with two attached hydrogens (primary N) is 2. The molecule has 118 valence electrons. The molecule has 23 heavy (non-hydrogen) atoms. The maximum Gasteiger partial charge on any atom is 0.260 e. The summed E-state index contributed by atoms with van der Waals surface area (Å²) in [5.74, 6) is -0.163. The number of nitrogens with one attached hydrogen (secondary N) is 2. The molecule has 0 aliphatic heterocycles. The summed E-state index contributed by atoms with van der Waals surface area (Å²) in [6, 6.07) is 6.69. The lowest BCUT2D eigenvalue weighted by Gasteiger charge is -2.10. The molecular weight excluding hydrogens is 292 g/mol. The lowest BCUT2D eigenvalue weighted by atomic mass is 10.1. The molecule has 0 radical (unpaired) electrons. The first-order valence-corrected chi connectivity index (χ1v) is 6.90. The van der Waals surface area contributed by atoms with Gasteiger partial charge in [0.1, 0.15) is 0 Å². The van der Waals surface area contributed by atoms with Crippen LogP contribution in [0.15, 0.2) is 30.5 Å². The van der Waals surface area contributed by atoms with Crippen molar-refractivity contribution >= 4 is 29.1 Å². The van der Waals surface area contributed by atoms with Crippen molar-refractivity contribution in [3.05, 3.63) is 53.2 Å². The fraction of sp³-hybridized carbons (Fsp3) is 0.125. The van der Waals surface area contributed by atoms with Gasteiger partial charge in [-0.3, -0.25) is 4.79 Å². The van der Waals surface area contributed by atoms with Gasteiger partial charge >= 0.3 is 0 Å². The number of hydrogen-bond acceptors (Lipinski definition) is 6. The van der Waals surface area contributed by atoms with Crippen molar-refractivity contribution in [3.63, 3.8) is 0 Å². The number of anilines is 2. The molecule has 0 fully saturated rings. The summed E-state index contributed by atoms with van der Waals surface area (Å²) in [4.78, 5) is 20.9. The second-order valence-electron chi connectivity index (χ2n) is 5.00. The van der Waals surface area contributed by atoms with Crippen LogP contribution >= 0.6 is 0 Å². The van der Waals surface area contributed by atoms with E-state index in [9.17, 15) is 4.79 Å². The van der Waals surface area contributed by atoms with Crippen LogP contribution in [0.25, 0.3) is 5.57 Å². The molecule has 0 bridgehead atoms. The van der Waals surface area contributed by atoms with Gasteiger partial charge in [0.15, 0.2) is 5.82 Å². The molecule has 1 aromatic carbocycles. The highest BCUT2D eigenvalue weighted by Gasteiger charge is 2.16. The Morgan fingerprint density at radius 1 is 1.22 bits per heavy atom. The Balaban J connectivity index is 2.29. The molecule has 2 rings (SSSR count). The average molecular weight is 310 g/mol.